The van der Waals surface area contributed by atoms with Crippen LogP contribution in [-0.4, -0.2) is 28.2 Å². The van der Waals surface area contributed by atoms with Crippen molar-refractivity contribution in [1.82, 2.24) is 14.9 Å². The fourth-order valence-electron chi connectivity index (χ4n) is 2.85. The largest absolute Gasteiger partial charge is 0.493 e. The molecule has 0 unspecified atom stereocenters. The van der Waals surface area contributed by atoms with Gasteiger partial charge < -0.3 is 9.47 Å². The van der Waals surface area contributed by atoms with Crippen molar-refractivity contribution in [2.24, 2.45) is 5.10 Å². The van der Waals surface area contributed by atoms with Crippen LogP contribution in [0.1, 0.15) is 11.1 Å². The van der Waals surface area contributed by atoms with Crippen LogP contribution in [0.2, 0.25) is 0 Å². The molecule has 4 rings (SSSR count). The molecule has 6 nitrogen and oxygen atoms in total. The van der Waals surface area contributed by atoms with Gasteiger partial charge in [-0.1, -0.05) is 42.5 Å². The van der Waals surface area contributed by atoms with E-state index in [9.17, 15) is 0 Å². The Balaban J connectivity index is 1.53. The third kappa shape index (κ3) is 3.79. The first-order valence-electron chi connectivity index (χ1n) is 8.50. The normalized spacial score (nSPS) is 11.1. The Morgan fingerprint density at radius 2 is 1.78 bits per heavy atom. The lowest BCUT2D eigenvalue weighted by Gasteiger charge is -2.12. The van der Waals surface area contributed by atoms with E-state index < -0.39 is 0 Å². The van der Waals surface area contributed by atoms with Crippen molar-refractivity contribution in [2.45, 2.75) is 6.61 Å². The molecule has 27 heavy (non-hydrogen) atoms. The molecule has 134 valence electrons. The van der Waals surface area contributed by atoms with Gasteiger partial charge in [-0.05, 0) is 40.1 Å². The molecule has 4 aromatic rings. The van der Waals surface area contributed by atoms with E-state index >= 15 is 0 Å². The molecule has 6 heteroatoms. The van der Waals surface area contributed by atoms with E-state index in [4.69, 9.17) is 9.47 Å². The molecule has 0 aliphatic heterocycles. The van der Waals surface area contributed by atoms with Crippen molar-refractivity contribution in [3.63, 3.8) is 0 Å². The molecule has 0 N–H and O–H groups in total. The fraction of sp³-hybridized carbons (Fsp3) is 0.0952. The minimum atomic E-state index is 0.464. The zero-order valence-corrected chi connectivity index (χ0v) is 14.8. The monoisotopic (exact) mass is 358 g/mol. The average molecular weight is 358 g/mol. The Morgan fingerprint density at radius 3 is 2.63 bits per heavy atom. The minimum absolute atomic E-state index is 0.464. The summed E-state index contributed by atoms with van der Waals surface area (Å²) in [7, 11) is 1.63. The second kappa shape index (κ2) is 7.70. The molecule has 0 atom stereocenters. The summed E-state index contributed by atoms with van der Waals surface area (Å²) in [5.41, 5.74) is 2.02. The van der Waals surface area contributed by atoms with Gasteiger partial charge in [-0.3, -0.25) is 0 Å². The smallest absolute Gasteiger partial charge is 0.161 e. The van der Waals surface area contributed by atoms with Gasteiger partial charge in [0.15, 0.2) is 11.5 Å². The molecular weight excluding hydrogens is 340 g/mol. The number of hydrogen-bond donors (Lipinski definition) is 0. The van der Waals surface area contributed by atoms with Crippen molar-refractivity contribution >= 4 is 17.0 Å². The van der Waals surface area contributed by atoms with Crippen LogP contribution < -0.4 is 9.47 Å². The van der Waals surface area contributed by atoms with E-state index in [0.29, 0.717) is 18.1 Å². The Morgan fingerprint density at radius 1 is 0.963 bits per heavy atom. The van der Waals surface area contributed by atoms with Gasteiger partial charge >= 0.3 is 0 Å². The third-order valence-electron chi connectivity index (χ3n) is 4.20. The lowest BCUT2D eigenvalue weighted by atomic mass is 10.1. The molecule has 0 amide bonds. The number of fused-ring (bicyclic) bond motifs is 1. The Hall–Kier alpha value is -3.67. The predicted molar refractivity (Wildman–Crippen MR) is 104 cm³/mol. The van der Waals surface area contributed by atoms with Crippen LogP contribution in [0.15, 0.2) is 78.4 Å². The molecule has 0 aliphatic carbocycles. The Kier molecular flexibility index (Phi) is 4.78. The standard InChI is InChI=1S/C21H18N4O2/c1-26-21-11-16(12-24-25-14-22-23-15-25)9-10-20(21)27-13-18-7-4-6-17-5-2-3-8-19(17)18/h2-12,14-15H,13H2,1H3. The summed E-state index contributed by atoms with van der Waals surface area (Å²) >= 11 is 0. The van der Waals surface area contributed by atoms with Gasteiger partial charge in [-0.25, -0.2) is 4.68 Å². The van der Waals surface area contributed by atoms with Gasteiger partial charge in [-0.2, -0.15) is 5.10 Å². The first kappa shape index (κ1) is 16.8. The molecule has 0 fully saturated rings. The second-order valence-electron chi connectivity index (χ2n) is 5.92. The Labute approximate surface area is 156 Å². The maximum Gasteiger partial charge on any atom is 0.161 e. The summed E-state index contributed by atoms with van der Waals surface area (Å²) < 4.78 is 13.0. The summed E-state index contributed by atoms with van der Waals surface area (Å²) in [6.07, 6.45) is 4.76. The molecule has 0 saturated heterocycles. The minimum Gasteiger partial charge on any atom is -0.493 e. The topological polar surface area (TPSA) is 61.5 Å². The highest BCUT2D eigenvalue weighted by Gasteiger charge is 2.07. The highest BCUT2D eigenvalue weighted by Crippen LogP contribution is 2.29. The molecule has 0 radical (unpaired) electrons. The van der Waals surface area contributed by atoms with Crippen molar-refractivity contribution in [2.75, 3.05) is 7.11 Å². The van der Waals surface area contributed by atoms with E-state index in [1.165, 1.54) is 28.1 Å². The van der Waals surface area contributed by atoms with E-state index in [2.05, 4.69) is 39.6 Å². The summed E-state index contributed by atoms with van der Waals surface area (Å²) in [6, 6.07) is 20.2. The fourth-order valence-corrected chi connectivity index (χ4v) is 2.85. The average Bonchev–Trinajstić information content (AvgIpc) is 3.24. The number of aromatic nitrogens is 3. The first-order valence-corrected chi connectivity index (χ1v) is 8.50. The summed E-state index contributed by atoms with van der Waals surface area (Å²) in [4.78, 5) is 0. The van der Waals surface area contributed by atoms with Gasteiger partial charge in [0.05, 0.1) is 13.3 Å². The van der Waals surface area contributed by atoms with Crippen LogP contribution in [0, 0.1) is 0 Å². The zero-order chi connectivity index (χ0) is 18.5. The molecule has 0 aliphatic rings. The van der Waals surface area contributed by atoms with Crippen molar-refractivity contribution in [1.29, 1.82) is 0 Å². The number of rotatable bonds is 6. The van der Waals surface area contributed by atoms with Gasteiger partial charge in [0.2, 0.25) is 0 Å². The summed E-state index contributed by atoms with van der Waals surface area (Å²) in [6.45, 7) is 0.464. The van der Waals surface area contributed by atoms with Crippen LogP contribution in [0.25, 0.3) is 10.8 Å². The van der Waals surface area contributed by atoms with Gasteiger partial charge in [0.1, 0.15) is 19.3 Å². The van der Waals surface area contributed by atoms with Gasteiger partial charge in [0.25, 0.3) is 0 Å². The number of hydrogen-bond acceptors (Lipinski definition) is 5. The van der Waals surface area contributed by atoms with E-state index in [0.717, 1.165) is 11.1 Å². The van der Waals surface area contributed by atoms with Gasteiger partial charge in [-0.15, -0.1) is 10.2 Å². The van der Waals surface area contributed by atoms with E-state index in [-0.39, 0.29) is 0 Å². The lowest BCUT2D eigenvalue weighted by molar-refractivity contribution is 0.285. The maximum atomic E-state index is 6.03. The zero-order valence-electron chi connectivity index (χ0n) is 14.8. The van der Waals surface area contributed by atoms with Crippen LogP contribution in [-0.2, 0) is 6.61 Å². The third-order valence-corrected chi connectivity index (χ3v) is 4.20. The van der Waals surface area contributed by atoms with E-state index in [1.807, 2.05) is 36.4 Å². The van der Waals surface area contributed by atoms with Crippen LogP contribution in [0.4, 0.5) is 0 Å². The van der Waals surface area contributed by atoms with E-state index in [1.54, 1.807) is 13.3 Å². The molecule has 0 saturated carbocycles. The number of benzene rings is 3. The second-order valence-corrected chi connectivity index (χ2v) is 5.92. The number of ether oxygens (including phenoxy) is 2. The quantitative estimate of drug-likeness (QED) is 0.491. The molecule has 0 bridgehead atoms. The molecule has 3 aromatic carbocycles. The predicted octanol–water partition coefficient (Wildman–Crippen LogP) is 3.90. The molecule has 1 heterocycles. The molecule has 1 aromatic heterocycles. The van der Waals surface area contributed by atoms with Crippen molar-refractivity contribution < 1.29 is 9.47 Å². The molecule has 0 spiro atoms. The van der Waals surface area contributed by atoms with Crippen molar-refractivity contribution in [3.05, 3.63) is 84.4 Å². The number of methoxy groups -OCH3 is 1. The van der Waals surface area contributed by atoms with Crippen LogP contribution in [0.3, 0.4) is 0 Å². The van der Waals surface area contributed by atoms with Crippen molar-refractivity contribution in [3.8, 4) is 11.5 Å². The van der Waals surface area contributed by atoms with Crippen LogP contribution >= 0.6 is 0 Å². The summed E-state index contributed by atoms with van der Waals surface area (Å²) in [5, 5.41) is 14.1. The Bertz CT molecular complexity index is 1070. The summed E-state index contributed by atoms with van der Waals surface area (Å²) in [5.74, 6) is 1.34. The van der Waals surface area contributed by atoms with Crippen LogP contribution in [0.5, 0.6) is 11.5 Å². The number of nitrogens with zero attached hydrogens (tertiary/aromatic N) is 4. The van der Waals surface area contributed by atoms with Gasteiger partial charge in [0, 0.05) is 0 Å². The lowest BCUT2D eigenvalue weighted by Crippen LogP contribution is -1.99. The molecular formula is C21H18N4O2. The SMILES string of the molecule is COc1cc(C=Nn2cnnc2)ccc1OCc1cccc2ccccc12. The first-order chi connectivity index (χ1) is 13.3. The highest BCUT2D eigenvalue weighted by atomic mass is 16.5. The maximum absolute atomic E-state index is 6.03. The highest BCUT2D eigenvalue weighted by molar-refractivity contribution is 5.85.